The lowest BCUT2D eigenvalue weighted by Crippen LogP contribution is -2.27. The Kier molecular flexibility index (Phi) is 3.99. The topological polar surface area (TPSA) is 63.4 Å². The molecule has 4 rings (SSSR count). The van der Waals surface area contributed by atoms with Gasteiger partial charge < -0.3 is 4.90 Å². The fraction of sp³-hybridized carbons (Fsp3) is 0.111. The number of benzene rings is 1. The Balaban J connectivity index is 1.62. The molecule has 1 amide bonds. The maximum atomic E-state index is 12.8. The SMILES string of the molecule is CN(Cc1ccncn1)C(=O)c1csc2nc(-c3ccccc3)cn12. The van der Waals surface area contributed by atoms with Crippen LogP contribution in [-0.2, 0) is 6.54 Å². The fourth-order valence-corrected chi connectivity index (χ4v) is 3.45. The van der Waals surface area contributed by atoms with Crippen LogP contribution in [0.3, 0.4) is 0 Å². The average Bonchev–Trinajstić information content (AvgIpc) is 3.23. The number of nitrogens with zero attached hydrogens (tertiary/aromatic N) is 5. The predicted molar refractivity (Wildman–Crippen MR) is 96.3 cm³/mol. The number of amides is 1. The molecule has 0 aliphatic heterocycles. The van der Waals surface area contributed by atoms with E-state index in [1.807, 2.05) is 46.3 Å². The molecule has 0 saturated heterocycles. The van der Waals surface area contributed by atoms with E-state index in [-0.39, 0.29) is 5.91 Å². The number of imidazole rings is 1. The minimum Gasteiger partial charge on any atom is -0.334 e. The van der Waals surface area contributed by atoms with Gasteiger partial charge in [-0.25, -0.2) is 15.0 Å². The van der Waals surface area contributed by atoms with Gasteiger partial charge in [-0.05, 0) is 6.07 Å². The Morgan fingerprint density at radius 3 is 2.84 bits per heavy atom. The zero-order valence-electron chi connectivity index (χ0n) is 13.5. The molecule has 7 heteroatoms. The quantitative estimate of drug-likeness (QED) is 0.568. The van der Waals surface area contributed by atoms with Crippen molar-refractivity contribution in [2.24, 2.45) is 0 Å². The van der Waals surface area contributed by atoms with E-state index in [2.05, 4.69) is 15.0 Å². The summed E-state index contributed by atoms with van der Waals surface area (Å²) in [6.07, 6.45) is 5.07. The van der Waals surface area contributed by atoms with Gasteiger partial charge in [0.05, 0.1) is 17.9 Å². The number of thiazole rings is 1. The first kappa shape index (κ1) is 15.5. The molecule has 0 saturated carbocycles. The highest BCUT2D eigenvalue weighted by molar-refractivity contribution is 7.15. The highest BCUT2D eigenvalue weighted by Crippen LogP contribution is 2.24. The normalized spacial score (nSPS) is 10.9. The molecule has 0 N–H and O–H groups in total. The van der Waals surface area contributed by atoms with Crippen molar-refractivity contribution in [3.8, 4) is 11.3 Å². The molecule has 6 nitrogen and oxygen atoms in total. The van der Waals surface area contributed by atoms with Crippen LogP contribution in [0.4, 0.5) is 0 Å². The first-order valence-corrected chi connectivity index (χ1v) is 8.63. The number of aromatic nitrogens is 4. The van der Waals surface area contributed by atoms with E-state index in [0.29, 0.717) is 12.2 Å². The highest BCUT2D eigenvalue weighted by atomic mass is 32.1. The standard InChI is InChI=1S/C18H15N5OS/c1-22(9-14-7-8-19-12-20-14)17(24)16-11-25-18-21-15(10-23(16)18)13-5-3-2-4-6-13/h2-8,10-12H,9H2,1H3. The molecule has 3 heterocycles. The molecular formula is C18H15N5OS. The smallest absolute Gasteiger partial charge is 0.271 e. The molecule has 124 valence electrons. The minimum atomic E-state index is -0.0677. The highest BCUT2D eigenvalue weighted by Gasteiger charge is 2.19. The molecule has 0 unspecified atom stereocenters. The Morgan fingerprint density at radius 1 is 1.24 bits per heavy atom. The first-order valence-electron chi connectivity index (χ1n) is 7.75. The van der Waals surface area contributed by atoms with Gasteiger partial charge in [-0.2, -0.15) is 0 Å². The number of hydrogen-bond acceptors (Lipinski definition) is 5. The summed E-state index contributed by atoms with van der Waals surface area (Å²) in [7, 11) is 1.77. The van der Waals surface area contributed by atoms with Crippen molar-refractivity contribution in [3.05, 3.63) is 71.9 Å². The Hall–Kier alpha value is -3.06. The maximum absolute atomic E-state index is 12.8. The van der Waals surface area contributed by atoms with Gasteiger partial charge in [-0.15, -0.1) is 11.3 Å². The molecule has 0 spiro atoms. The summed E-state index contributed by atoms with van der Waals surface area (Å²) in [4.78, 5) is 27.9. The number of rotatable bonds is 4. The van der Waals surface area contributed by atoms with Gasteiger partial charge >= 0.3 is 0 Å². The summed E-state index contributed by atoms with van der Waals surface area (Å²) < 4.78 is 1.85. The molecule has 0 aliphatic rings. The molecule has 0 bridgehead atoms. The number of carbonyl (C=O) groups is 1. The van der Waals surface area contributed by atoms with Crippen LogP contribution in [0, 0.1) is 0 Å². The zero-order valence-corrected chi connectivity index (χ0v) is 14.3. The number of hydrogen-bond donors (Lipinski definition) is 0. The summed E-state index contributed by atoms with van der Waals surface area (Å²) in [6.45, 7) is 0.429. The van der Waals surface area contributed by atoms with Crippen LogP contribution in [-0.4, -0.2) is 37.2 Å². The molecule has 0 radical (unpaired) electrons. The van der Waals surface area contributed by atoms with Crippen molar-refractivity contribution in [1.82, 2.24) is 24.3 Å². The fourth-order valence-electron chi connectivity index (χ4n) is 2.61. The molecule has 0 atom stereocenters. The summed E-state index contributed by atoms with van der Waals surface area (Å²) >= 11 is 1.46. The van der Waals surface area contributed by atoms with Crippen LogP contribution in [0.25, 0.3) is 16.2 Å². The first-order chi connectivity index (χ1) is 12.2. The van der Waals surface area contributed by atoms with Gasteiger partial charge in [0, 0.05) is 30.4 Å². The predicted octanol–water partition coefficient (Wildman–Crippen LogP) is 3.13. The number of fused-ring (bicyclic) bond motifs is 1. The van der Waals surface area contributed by atoms with E-state index >= 15 is 0 Å². The van der Waals surface area contributed by atoms with Crippen molar-refractivity contribution in [3.63, 3.8) is 0 Å². The van der Waals surface area contributed by atoms with Gasteiger partial charge in [0.1, 0.15) is 12.0 Å². The van der Waals surface area contributed by atoms with Gasteiger partial charge in [0.2, 0.25) is 0 Å². The second-order valence-corrected chi connectivity index (χ2v) is 6.46. The summed E-state index contributed by atoms with van der Waals surface area (Å²) in [5.74, 6) is -0.0677. The van der Waals surface area contributed by atoms with E-state index in [9.17, 15) is 4.79 Å². The van der Waals surface area contributed by atoms with Crippen molar-refractivity contribution in [2.75, 3.05) is 7.05 Å². The van der Waals surface area contributed by atoms with E-state index in [0.717, 1.165) is 21.9 Å². The molecule has 4 aromatic rings. The molecule has 0 fully saturated rings. The lowest BCUT2D eigenvalue weighted by Gasteiger charge is -2.15. The van der Waals surface area contributed by atoms with E-state index in [1.165, 1.54) is 17.7 Å². The third-order valence-corrected chi connectivity index (χ3v) is 4.73. The van der Waals surface area contributed by atoms with Crippen molar-refractivity contribution in [1.29, 1.82) is 0 Å². The van der Waals surface area contributed by atoms with Crippen molar-refractivity contribution in [2.45, 2.75) is 6.54 Å². The van der Waals surface area contributed by atoms with Crippen molar-refractivity contribution >= 4 is 22.2 Å². The Morgan fingerprint density at radius 2 is 2.08 bits per heavy atom. The molecule has 3 aromatic heterocycles. The summed E-state index contributed by atoms with van der Waals surface area (Å²) in [5, 5.41) is 1.84. The van der Waals surface area contributed by atoms with Crippen LogP contribution in [0.1, 0.15) is 16.2 Å². The van der Waals surface area contributed by atoms with E-state index < -0.39 is 0 Å². The van der Waals surface area contributed by atoms with Crippen LogP contribution in [0.15, 0.2) is 60.5 Å². The van der Waals surface area contributed by atoms with Gasteiger partial charge in [-0.1, -0.05) is 30.3 Å². The monoisotopic (exact) mass is 349 g/mol. The van der Waals surface area contributed by atoms with E-state index in [1.54, 1.807) is 24.2 Å². The summed E-state index contributed by atoms with van der Waals surface area (Å²) in [6, 6.07) is 11.7. The average molecular weight is 349 g/mol. The lowest BCUT2D eigenvalue weighted by atomic mass is 10.2. The van der Waals surface area contributed by atoms with Gasteiger partial charge in [0.25, 0.3) is 5.91 Å². The van der Waals surface area contributed by atoms with Gasteiger partial charge in [0.15, 0.2) is 4.96 Å². The second-order valence-electron chi connectivity index (χ2n) is 5.63. The van der Waals surface area contributed by atoms with Crippen LogP contribution in [0.5, 0.6) is 0 Å². The molecule has 1 aromatic carbocycles. The maximum Gasteiger partial charge on any atom is 0.271 e. The second kappa shape index (κ2) is 6.45. The van der Waals surface area contributed by atoms with Gasteiger partial charge in [-0.3, -0.25) is 9.20 Å². The zero-order chi connectivity index (χ0) is 17.2. The van der Waals surface area contributed by atoms with Crippen molar-refractivity contribution < 1.29 is 4.79 Å². The lowest BCUT2D eigenvalue weighted by molar-refractivity contribution is 0.0777. The van der Waals surface area contributed by atoms with Crippen LogP contribution < -0.4 is 0 Å². The van der Waals surface area contributed by atoms with E-state index in [4.69, 9.17) is 0 Å². The molecule has 0 aliphatic carbocycles. The van der Waals surface area contributed by atoms with Crippen LogP contribution >= 0.6 is 11.3 Å². The Labute approximate surface area is 148 Å². The molecule has 25 heavy (non-hydrogen) atoms. The number of carbonyl (C=O) groups excluding carboxylic acids is 1. The molecular weight excluding hydrogens is 334 g/mol. The largest absolute Gasteiger partial charge is 0.334 e. The third-order valence-electron chi connectivity index (χ3n) is 3.89. The third kappa shape index (κ3) is 3.01. The Bertz CT molecular complexity index is 1010. The summed E-state index contributed by atoms with van der Waals surface area (Å²) in [5.41, 5.74) is 3.30. The van der Waals surface area contributed by atoms with Crippen LogP contribution in [0.2, 0.25) is 0 Å². The minimum absolute atomic E-state index is 0.0677.